The number of phosphoric acid groups is 1. The largest absolute Gasteiger partial charge is 0.527 e. The molecule has 0 amide bonds. The first kappa shape index (κ1) is 23.5. The number of ether oxygens (including phenoxy) is 4. The number of phosphoric ester groups is 1. The molecule has 11 heteroatoms. The molecule has 0 radical (unpaired) electrons. The third-order valence-electron chi connectivity index (χ3n) is 4.49. The Labute approximate surface area is 185 Å². The van der Waals surface area contributed by atoms with Crippen molar-refractivity contribution >= 4 is 7.82 Å². The van der Waals surface area contributed by atoms with Crippen molar-refractivity contribution in [3.63, 3.8) is 0 Å². The summed E-state index contributed by atoms with van der Waals surface area (Å²) in [4.78, 5) is 9.89. The van der Waals surface area contributed by atoms with E-state index in [-0.39, 0.29) is 18.1 Å². The predicted octanol–water partition coefficient (Wildman–Crippen LogP) is 4.56. The van der Waals surface area contributed by atoms with Crippen LogP contribution in [-0.2, 0) is 9.09 Å². The lowest BCUT2D eigenvalue weighted by atomic mass is 10.0. The summed E-state index contributed by atoms with van der Waals surface area (Å²) in [6.45, 7) is 1.59. The Bertz CT molecular complexity index is 1100. The molecular formula is C21H24NO9P. The van der Waals surface area contributed by atoms with E-state index in [0.29, 0.717) is 39.6 Å². The standard InChI is InChI=1S/C21H24NO9P/c1-6-30-32(23,24)31-17-9-13(7-8-16(17)25-2)15-12-29-22-20(15)14-10-18(26-3)21(28-5)19(11-14)27-4/h7-12H,6H2,1-5H3,(H,23,24). The number of hydrogen-bond donors (Lipinski definition) is 1. The summed E-state index contributed by atoms with van der Waals surface area (Å²) in [7, 11) is 1.66. The molecule has 0 aliphatic rings. The zero-order valence-corrected chi connectivity index (χ0v) is 19.2. The van der Waals surface area contributed by atoms with Crippen molar-refractivity contribution in [2.45, 2.75) is 6.92 Å². The van der Waals surface area contributed by atoms with E-state index in [1.54, 1.807) is 31.2 Å². The number of benzene rings is 2. The highest BCUT2D eigenvalue weighted by Gasteiger charge is 2.25. The highest BCUT2D eigenvalue weighted by Crippen LogP contribution is 2.48. The van der Waals surface area contributed by atoms with E-state index in [0.717, 1.165) is 0 Å². The molecule has 1 heterocycles. The van der Waals surface area contributed by atoms with E-state index in [1.807, 2.05) is 0 Å². The minimum absolute atomic E-state index is 0.00666. The molecule has 1 unspecified atom stereocenters. The zero-order chi connectivity index (χ0) is 23.3. The van der Waals surface area contributed by atoms with Gasteiger partial charge in [0.1, 0.15) is 12.0 Å². The van der Waals surface area contributed by atoms with Crippen molar-refractivity contribution in [1.82, 2.24) is 5.16 Å². The van der Waals surface area contributed by atoms with E-state index in [9.17, 15) is 9.46 Å². The fraction of sp³-hybridized carbons (Fsp3) is 0.286. The zero-order valence-electron chi connectivity index (χ0n) is 18.3. The highest BCUT2D eigenvalue weighted by atomic mass is 31.2. The molecule has 0 aliphatic carbocycles. The number of methoxy groups -OCH3 is 4. The first-order chi connectivity index (χ1) is 15.4. The van der Waals surface area contributed by atoms with Gasteiger partial charge >= 0.3 is 7.82 Å². The van der Waals surface area contributed by atoms with Crippen LogP contribution in [0.3, 0.4) is 0 Å². The van der Waals surface area contributed by atoms with Crippen LogP contribution in [0.2, 0.25) is 0 Å². The molecule has 10 nitrogen and oxygen atoms in total. The molecule has 0 saturated carbocycles. The summed E-state index contributed by atoms with van der Waals surface area (Å²) in [5.74, 6) is 1.63. The van der Waals surface area contributed by atoms with Crippen LogP contribution in [0.5, 0.6) is 28.7 Å². The number of rotatable bonds is 10. The molecular weight excluding hydrogens is 441 g/mol. The Morgan fingerprint density at radius 3 is 2.09 bits per heavy atom. The maximum absolute atomic E-state index is 12.1. The van der Waals surface area contributed by atoms with E-state index in [4.69, 9.17) is 32.5 Å². The van der Waals surface area contributed by atoms with Gasteiger partial charge in [0, 0.05) is 11.1 Å². The third-order valence-corrected chi connectivity index (χ3v) is 5.50. The Morgan fingerprint density at radius 1 is 0.906 bits per heavy atom. The van der Waals surface area contributed by atoms with Crippen LogP contribution < -0.4 is 23.5 Å². The Hall–Kier alpha value is -3.20. The van der Waals surface area contributed by atoms with Crippen LogP contribution in [0, 0.1) is 0 Å². The third kappa shape index (κ3) is 4.83. The van der Waals surface area contributed by atoms with Crippen molar-refractivity contribution in [2.75, 3.05) is 35.0 Å². The van der Waals surface area contributed by atoms with Gasteiger partial charge in [0.25, 0.3) is 0 Å². The van der Waals surface area contributed by atoms with Gasteiger partial charge < -0.3 is 28.0 Å². The smallest absolute Gasteiger partial charge is 0.493 e. The van der Waals surface area contributed by atoms with Crippen LogP contribution in [0.1, 0.15) is 6.92 Å². The van der Waals surface area contributed by atoms with Gasteiger partial charge in [-0.3, -0.25) is 9.42 Å². The Balaban J connectivity index is 2.09. The van der Waals surface area contributed by atoms with Crippen LogP contribution in [0.15, 0.2) is 41.1 Å². The highest BCUT2D eigenvalue weighted by molar-refractivity contribution is 7.47. The van der Waals surface area contributed by atoms with Crippen molar-refractivity contribution in [1.29, 1.82) is 0 Å². The molecule has 3 aromatic rings. The van der Waals surface area contributed by atoms with Crippen molar-refractivity contribution in [2.24, 2.45) is 0 Å². The van der Waals surface area contributed by atoms with E-state index in [2.05, 4.69) is 5.16 Å². The van der Waals surface area contributed by atoms with Crippen molar-refractivity contribution in [3.8, 4) is 51.1 Å². The molecule has 1 atom stereocenters. The lowest BCUT2D eigenvalue weighted by Gasteiger charge is -2.16. The molecule has 172 valence electrons. The minimum Gasteiger partial charge on any atom is -0.493 e. The average molecular weight is 465 g/mol. The van der Waals surface area contributed by atoms with Gasteiger partial charge in [0.2, 0.25) is 5.75 Å². The van der Waals surface area contributed by atoms with Crippen LogP contribution in [-0.4, -0.2) is 45.1 Å². The van der Waals surface area contributed by atoms with Crippen LogP contribution in [0.4, 0.5) is 0 Å². The normalized spacial score (nSPS) is 12.7. The Morgan fingerprint density at radius 2 is 1.53 bits per heavy atom. The molecule has 0 spiro atoms. The summed E-state index contributed by atoms with van der Waals surface area (Å²) in [5, 5.41) is 4.12. The van der Waals surface area contributed by atoms with Gasteiger partial charge in [-0.05, 0) is 36.8 Å². The summed E-state index contributed by atoms with van der Waals surface area (Å²) in [5.41, 5.74) is 2.32. The second-order valence-electron chi connectivity index (χ2n) is 6.33. The molecule has 1 aromatic heterocycles. The fourth-order valence-electron chi connectivity index (χ4n) is 3.10. The number of aromatic nitrogens is 1. The quantitative estimate of drug-likeness (QED) is 0.427. The maximum Gasteiger partial charge on any atom is 0.527 e. The SMILES string of the molecule is CCOP(=O)(O)Oc1cc(-c2conc2-c2cc(OC)c(OC)c(OC)c2)ccc1OC. The second kappa shape index (κ2) is 9.95. The molecule has 1 N–H and O–H groups in total. The lowest BCUT2D eigenvalue weighted by molar-refractivity contribution is 0.210. The number of hydrogen-bond acceptors (Lipinski definition) is 9. The van der Waals surface area contributed by atoms with Crippen molar-refractivity contribution < 1.29 is 42.0 Å². The van der Waals surface area contributed by atoms with Crippen LogP contribution in [0.25, 0.3) is 22.4 Å². The van der Waals surface area contributed by atoms with Gasteiger partial charge in [-0.15, -0.1) is 0 Å². The first-order valence-corrected chi connectivity index (χ1v) is 11.0. The second-order valence-corrected chi connectivity index (χ2v) is 7.71. The molecule has 0 fully saturated rings. The first-order valence-electron chi connectivity index (χ1n) is 9.47. The predicted molar refractivity (Wildman–Crippen MR) is 116 cm³/mol. The van der Waals surface area contributed by atoms with E-state index in [1.165, 1.54) is 40.8 Å². The van der Waals surface area contributed by atoms with Gasteiger partial charge in [0.05, 0.1) is 35.0 Å². The molecule has 3 rings (SSSR count). The minimum atomic E-state index is -4.32. The average Bonchev–Trinajstić information content (AvgIpc) is 3.27. The van der Waals surface area contributed by atoms with Gasteiger partial charge in [-0.25, -0.2) is 4.57 Å². The van der Waals surface area contributed by atoms with Crippen molar-refractivity contribution in [3.05, 3.63) is 36.6 Å². The molecule has 0 aliphatic heterocycles. The lowest BCUT2D eigenvalue weighted by Crippen LogP contribution is -1.99. The van der Waals surface area contributed by atoms with Gasteiger partial charge in [-0.2, -0.15) is 0 Å². The molecule has 0 bridgehead atoms. The van der Waals surface area contributed by atoms with E-state index < -0.39 is 7.82 Å². The van der Waals surface area contributed by atoms with Gasteiger partial charge in [-0.1, -0.05) is 11.2 Å². The van der Waals surface area contributed by atoms with Crippen LogP contribution >= 0.6 is 7.82 Å². The fourth-order valence-corrected chi connectivity index (χ4v) is 3.87. The molecule has 2 aromatic carbocycles. The monoisotopic (exact) mass is 465 g/mol. The molecule has 0 saturated heterocycles. The summed E-state index contributed by atoms with van der Waals surface area (Å²) < 4.78 is 48.8. The summed E-state index contributed by atoms with van der Waals surface area (Å²) in [6, 6.07) is 8.35. The number of nitrogens with zero attached hydrogens (tertiary/aromatic N) is 1. The summed E-state index contributed by atoms with van der Waals surface area (Å²) >= 11 is 0. The molecule has 32 heavy (non-hydrogen) atoms. The van der Waals surface area contributed by atoms with E-state index >= 15 is 0 Å². The Kier molecular flexibility index (Phi) is 7.29. The topological polar surface area (TPSA) is 119 Å². The summed E-state index contributed by atoms with van der Waals surface area (Å²) in [6.07, 6.45) is 1.45. The van der Waals surface area contributed by atoms with Gasteiger partial charge in [0.15, 0.2) is 23.0 Å². The maximum atomic E-state index is 12.1.